The Bertz CT molecular complexity index is 345. The van der Waals surface area contributed by atoms with Gasteiger partial charge in [0.1, 0.15) is 0 Å². The van der Waals surface area contributed by atoms with E-state index in [1.54, 1.807) is 4.90 Å². The monoisotopic (exact) mass is 229 g/mol. The van der Waals surface area contributed by atoms with Crippen molar-refractivity contribution >= 4 is 23.5 Å². The summed E-state index contributed by atoms with van der Waals surface area (Å²) in [6.45, 7) is 6.08. The molecule has 6 heteroatoms. The predicted octanol–water partition coefficient (Wildman–Crippen LogP) is 1.80. The van der Waals surface area contributed by atoms with Crippen molar-refractivity contribution in [2.24, 2.45) is 0 Å². The van der Waals surface area contributed by atoms with Crippen LogP contribution < -0.4 is 10.2 Å². The summed E-state index contributed by atoms with van der Waals surface area (Å²) >= 11 is 5.79. The molecule has 0 aliphatic carbocycles. The van der Waals surface area contributed by atoms with Gasteiger partial charge in [0.25, 0.3) is 0 Å². The van der Waals surface area contributed by atoms with Gasteiger partial charge in [-0.1, -0.05) is 0 Å². The van der Waals surface area contributed by atoms with Crippen molar-refractivity contribution in [3.05, 3.63) is 5.28 Å². The highest BCUT2D eigenvalue weighted by Crippen LogP contribution is 2.15. The smallest absolute Gasteiger partial charge is 0.230 e. The lowest BCUT2D eigenvalue weighted by Crippen LogP contribution is -2.28. The van der Waals surface area contributed by atoms with E-state index in [1.807, 2.05) is 34.9 Å². The van der Waals surface area contributed by atoms with Crippen LogP contribution in [0.5, 0.6) is 0 Å². The molecule has 1 aromatic heterocycles. The van der Waals surface area contributed by atoms with E-state index >= 15 is 0 Å². The van der Waals surface area contributed by atoms with Crippen molar-refractivity contribution in [2.75, 3.05) is 24.3 Å². The lowest BCUT2D eigenvalue weighted by molar-refractivity contribution is 0.625. The lowest BCUT2D eigenvalue weighted by Gasteiger charge is -2.21. The van der Waals surface area contributed by atoms with Gasteiger partial charge < -0.3 is 10.2 Å². The number of halogens is 1. The lowest BCUT2D eigenvalue weighted by atomic mass is 10.1. The molecule has 0 bridgehead atoms. The van der Waals surface area contributed by atoms with E-state index in [-0.39, 0.29) is 10.8 Å². The number of rotatable bonds is 2. The van der Waals surface area contributed by atoms with Crippen LogP contribution in [0.25, 0.3) is 0 Å². The summed E-state index contributed by atoms with van der Waals surface area (Å²) in [7, 11) is 3.71. The minimum Gasteiger partial charge on any atom is -0.349 e. The summed E-state index contributed by atoms with van der Waals surface area (Å²) in [5.74, 6) is 1.04. The van der Waals surface area contributed by atoms with Crippen LogP contribution in [0.4, 0.5) is 11.9 Å². The van der Waals surface area contributed by atoms with Crippen molar-refractivity contribution in [3.63, 3.8) is 0 Å². The highest BCUT2D eigenvalue weighted by Gasteiger charge is 2.13. The second-order valence-corrected chi connectivity index (χ2v) is 4.84. The van der Waals surface area contributed by atoms with Crippen LogP contribution in [-0.4, -0.2) is 34.6 Å². The molecule has 0 aromatic carbocycles. The number of anilines is 2. The molecule has 5 nitrogen and oxygen atoms in total. The number of nitrogens with zero attached hydrogens (tertiary/aromatic N) is 4. The molecule has 0 aliphatic rings. The largest absolute Gasteiger partial charge is 0.349 e. The molecule has 0 atom stereocenters. The van der Waals surface area contributed by atoms with Gasteiger partial charge in [0, 0.05) is 19.6 Å². The van der Waals surface area contributed by atoms with Crippen LogP contribution in [0.1, 0.15) is 20.8 Å². The molecule has 0 unspecified atom stereocenters. The Morgan fingerprint density at radius 1 is 1.13 bits per heavy atom. The first-order chi connectivity index (χ1) is 6.78. The van der Waals surface area contributed by atoms with Crippen molar-refractivity contribution in [1.82, 2.24) is 15.0 Å². The molecule has 1 rings (SSSR count). The molecule has 0 saturated heterocycles. The fourth-order valence-electron chi connectivity index (χ4n) is 0.931. The summed E-state index contributed by atoms with van der Waals surface area (Å²) in [4.78, 5) is 14.0. The van der Waals surface area contributed by atoms with E-state index in [4.69, 9.17) is 11.6 Å². The Balaban J connectivity index is 2.99. The van der Waals surface area contributed by atoms with Crippen LogP contribution >= 0.6 is 11.6 Å². The van der Waals surface area contributed by atoms with Gasteiger partial charge >= 0.3 is 0 Å². The van der Waals surface area contributed by atoms with Crippen molar-refractivity contribution in [2.45, 2.75) is 26.3 Å². The highest BCUT2D eigenvalue weighted by molar-refractivity contribution is 6.28. The first-order valence-electron chi connectivity index (χ1n) is 4.65. The summed E-state index contributed by atoms with van der Waals surface area (Å²) in [6, 6.07) is 0. The van der Waals surface area contributed by atoms with Crippen LogP contribution in [0.3, 0.4) is 0 Å². The Kier molecular flexibility index (Phi) is 3.34. The molecule has 0 saturated carbocycles. The van der Waals surface area contributed by atoms with Crippen LogP contribution in [0, 0.1) is 0 Å². The van der Waals surface area contributed by atoms with E-state index < -0.39 is 0 Å². The number of hydrogen-bond acceptors (Lipinski definition) is 5. The summed E-state index contributed by atoms with van der Waals surface area (Å²) in [6.07, 6.45) is 0. The number of hydrogen-bond donors (Lipinski definition) is 1. The zero-order valence-electron chi connectivity index (χ0n) is 9.67. The molecule has 0 radical (unpaired) electrons. The van der Waals surface area contributed by atoms with E-state index in [1.165, 1.54) is 0 Å². The maximum atomic E-state index is 5.79. The average molecular weight is 230 g/mol. The topological polar surface area (TPSA) is 53.9 Å². The van der Waals surface area contributed by atoms with Gasteiger partial charge in [-0.2, -0.15) is 15.0 Å². The fraction of sp³-hybridized carbons (Fsp3) is 0.667. The zero-order valence-corrected chi connectivity index (χ0v) is 10.4. The molecule has 1 N–H and O–H groups in total. The first kappa shape index (κ1) is 12.0. The quantitative estimate of drug-likeness (QED) is 0.838. The highest BCUT2D eigenvalue weighted by atomic mass is 35.5. The molecule has 0 spiro atoms. The summed E-state index contributed by atoms with van der Waals surface area (Å²) in [5.41, 5.74) is -0.103. The second kappa shape index (κ2) is 4.18. The Hall–Kier alpha value is -1.10. The third-order valence-electron chi connectivity index (χ3n) is 1.48. The zero-order chi connectivity index (χ0) is 11.6. The second-order valence-electron chi connectivity index (χ2n) is 4.50. The van der Waals surface area contributed by atoms with Gasteiger partial charge in [-0.25, -0.2) is 0 Å². The van der Waals surface area contributed by atoms with Crippen molar-refractivity contribution < 1.29 is 0 Å². The van der Waals surface area contributed by atoms with Gasteiger partial charge in [-0.3, -0.25) is 0 Å². The molecule has 84 valence electrons. The predicted molar refractivity (Wildman–Crippen MR) is 62.5 cm³/mol. The van der Waals surface area contributed by atoms with Crippen LogP contribution in [0.15, 0.2) is 0 Å². The number of aromatic nitrogens is 3. The van der Waals surface area contributed by atoms with Crippen LogP contribution in [0.2, 0.25) is 5.28 Å². The van der Waals surface area contributed by atoms with Crippen molar-refractivity contribution in [1.29, 1.82) is 0 Å². The number of nitrogens with one attached hydrogen (secondary N) is 1. The normalized spacial score (nSPS) is 11.3. The molecule has 0 amide bonds. The molecule has 1 heterocycles. The van der Waals surface area contributed by atoms with Gasteiger partial charge in [-0.15, -0.1) is 0 Å². The fourth-order valence-corrected chi connectivity index (χ4v) is 1.09. The van der Waals surface area contributed by atoms with E-state index in [2.05, 4.69) is 20.3 Å². The SMILES string of the molecule is CN(C)c1nc(Cl)nc(NC(C)(C)C)n1. The molecule has 1 aromatic rings. The molecule has 15 heavy (non-hydrogen) atoms. The molecule has 0 fully saturated rings. The van der Waals surface area contributed by atoms with Gasteiger partial charge in [0.05, 0.1) is 0 Å². The van der Waals surface area contributed by atoms with E-state index in [0.717, 1.165) is 0 Å². The van der Waals surface area contributed by atoms with E-state index in [9.17, 15) is 0 Å². The molecular formula is C9H16ClN5. The van der Waals surface area contributed by atoms with Gasteiger partial charge in [-0.05, 0) is 32.4 Å². The van der Waals surface area contributed by atoms with E-state index in [0.29, 0.717) is 11.9 Å². The minimum atomic E-state index is -0.103. The maximum Gasteiger partial charge on any atom is 0.230 e. The van der Waals surface area contributed by atoms with Gasteiger partial charge in [0.2, 0.25) is 17.2 Å². The van der Waals surface area contributed by atoms with Crippen molar-refractivity contribution in [3.8, 4) is 0 Å². The van der Waals surface area contributed by atoms with Gasteiger partial charge in [0.15, 0.2) is 0 Å². The van der Waals surface area contributed by atoms with Crippen LogP contribution in [-0.2, 0) is 0 Å². The Labute approximate surface area is 94.9 Å². The maximum absolute atomic E-state index is 5.79. The molecule has 0 aliphatic heterocycles. The third-order valence-corrected chi connectivity index (χ3v) is 1.65. The minimum absolute atomic E-state index is 0.103. The standard InChI is InChI=1S/C9H16ClN5/c1-9(2,3)14-7-11-6(10)12-8(13-7)15(4)5/h1-5H3,(H,11,12,13,14). The average Bonchev–Trinajstić information content (AvgIpc) is 1.99. The Morgan fingerprint density at radius 2 is 1.73 bits per heavy atom. The summed E-state index contributed by atoms with van der Waals surface area (Å²) in [5, 5.41) is 3.34. The first-order valence-corrected chi connectivity index (χ1v) is 5.03. The summed E-state index contributed by atoms with van der Waals surface area (Å²) < 4.78 is 0. The Morgan fingerprint density at radius 3 is 2.20 bits per heavy atom. The third kappa shape index (κ3) is 3.87. The molecular weight excluding hydrogens is 214 g/mol.